The SMILES string of the molecule is CCCCCCN(CCO)C(=O)C(C)(C)C1CCCNC1. The highest BCUT2D eigenvalue weighted by Gasteiger charge is 2.39. The van der Waals surface area contributed by atoms with Crippen LogP contribution in [0.2, 0.25) is 0 Å². The van der Waals surface area contributed by atoms with Gasteiger partial charge in [0, 0.05) is 18.5 Å². The van der Waals surface area contributed by atoms with Crippen molar-refractivity contribution in [2.24, 2.45) is 11.3 Å². The second kappa shape index (κ2) is 9.42. The maximum atomic E-state index is 12.9. The van der Waals surface area contributed by atoms with Crippen LogP contribution in [0.3, 0.4) is 0 Å². The third-order valence-corrected chi connectivity index (χ3v) is 4.81. The molecule has 1 saturated heterocycles. The van der Waals surface area contributed by atoms with E-state index in [0.717, 1.165) is 45.3 Å². The molecule has 21 heavy (non-hydrogen) atoms. The summed E-state index contributed by atoms with van der Waals surface area (Å²) in [4.78, 5) is 14.8. The Morgan fingerprint density at radius 2 is 2.05 bits per heavy atom. The third kappa shape index (κ3) is 5.59. The van der Waals surface area contributed by atoms with E-state index in [1.807, 2.05) is 4.90 Å². The minimum Gasteiger partial charge on any atom is -0.395 e. The highest BCUT2D eigenvalue weighted by Crippen LogP contribution is 2.33. The number of unbranched alkanes of at least 4 members (excludes halogenated alkanes) is 3. The Balaban J connectivity index is 2.59. The zero-order valence-corrected chi connectivity index (χ0v) is 14.2. The van der Waals surface area contributed by atoms with Crippen LogP contribution in [-0.2, 0) is 4.79 Å². The van der Waals surface area contributed by atoms with Crippen LogP contribution in [0, 0.1) is 11.3 Å². The van der Waals surface area contributed by atoms with Gasteiger partial charge in [-0.15, -0.1) is 0 Å². The Kier molecular flexibility index (Phi) is 8.27. The molecule has 0 bridgehead atoms. The molecule has 1 amide bonds. The summed E-state index contributed by atoms with van der Waals surface area (Å²) in [6.45, 7) is 9.64. The molecule has 4 nitrogen and oxygen atoms in total. The molecule has 0 aliphatic carbocycles. The molecule has 1 heterocycles. The van der Waals surface area contributed by atoms with Crippen LogP contribution in [0.4, 0.5) is 0 Å². The zero-order valence-electron chi connectivity index (χ0n) is 14.2. The monoisotopic (exact) mass is 298 g/mol. The van der Waals surface area contributed by atoms with Gasteiger partial charge in [0.2, 0.25) is 5.91 Å². The van der Waals surface area contributed by atoms with Crippen molar-refractivity contribution in [1.82, 2.24) is 10.2 Å². The predicted octanol–water partition coefficient (Wildman–Crippen LogP) is 2.41. The number of nitrogens with one attached hydrogen (secondary N) is 1. The van der Waals surface area contributed by atoms with E-state index in [4.69, 9.17) is 0 Å². The summed E-state index contributed by atoms with van der Waals surface area (Å²) < 4.78 is 0. The molecule has 1 rings (SSSR count). The highest BCUT2D eigenvalue weighted by molar-refractivity contribution is 5.82. The van der Waals surface area contributed by atoms with Gasteiger partial charge in [-0.2, -0.15) is 0 Å². The van der Waals surface area contributed by atoms with Crippen molar-refractivity contribution < 1.29 is 9.90 Å². The van der Waals surface area contributed by atoms with Crippen molar-refractivity contribution in [3.63, 3.8) is 0 Å². The van der Waals surface area contributed by atoms with Crippen molar-refractivity contribution in [2.75, 3.05) is 32.8 Å². The first kappa shape index (κ1) is 18.4. The van der Waals surface area contributed by atoms with Gasteiger partial charge in [0.25, 0.3) is 0 Å². The number of aliphatic hydroxyl groups excluding tert-OH is 1. The van der Waals surface area contributed by atoms with E-state index in [0.29, 0.717) is 12.5 Å². The number of rotatable bonds is 9. The van der Waals surface area contributed by atoms with Crippen LogP contribution in [0.5, 0.6) is 0 Å². The highest BCUT2D eigenvalue weighted by atomic mass is 16.3. The molecule has 1 aliphatic heterocycles. The molecule has 0 aromatic rings. The van der Waals surface area contributed by atoms with E-state index in [2.05, 4.69) is 26.1 Å². The van der Waals surface area contributed by atoms with E-state index < -0.39 is 0 Å². The summed E-state index contributed by atoms with van der Waals surface area (Å²) in [5.74, 6) is 0.609. The molecule has 1 atom stereocenters. The molecule has 1 aliphatic rings. The lowest BCUT2D eigenvalue weighted by atomic mass is 9.74. The van der Waals surface area contributed by atoms with Gasteiger partial charge in [0.15, 0.2) is 0 Å². The Bertz CT molecular complexity index is 299. The lowest BCUT2D eigenvalue weighted by molar-refractivity contribution is -0.144. The standard InChI is InChI=1S/C17H34N2O2/c1-4-5-6-7-11-19(12-13-20)16(21)17(2,3)15-9-8-10-18-14-15/h15,18,20H,4-14H2,1-3H3. The Morgan fingerprint density at radius 3 is 2.62 bits per heavy atom. The fraction of sp³-hybridized carbons (Fsp3) is 0.941. The number of piperidine rings is 1. The number of carbonyl (C=O) groups excluding carboxylic acids is 1. The van der Waals surface area contributed by atoms with Crippen LogP contribution in [-0.4, -0.2) is 48.7 Å². The van der Waals surface area contributed by atoms with Gasteiger partial charge in [0.05, 0.1) is 6.61 Å². The number of hydrogen-bond donors (Lipinski definition) is 2. The molecule has 0 aromatic heterocycles. The Morgan fingerprint density at radius 1 is 1.29 bits per heavy atom. The van der Waals surface area contributed by atoms with E-state index in [1.165, 1.54) is 12.8 Å². The van der Waals surface area contributed by atoms with Gasteiger partial charge in [-0.05, 0) is 38.3 Å². The fourth-order valence-electron chi connectivity index (χ4n) is 3.21. The van der Waals surface area contributed by atoms with E-state index in [-0.39, 0.29) is 17.9 Å². The maximum absolute atomic E-state index is 12.9. The third-order valence-electron chi connectivity index (χ3n) is 4.81. The van der Waals surface area contributed by atoms with Crippen molar-refractivity contribution in [1.29, 1.82) is 0 Å². The maximum Gasteiger partial charge on any atom is 0.228 e. The quantitative estimate of drug-likeness (QED) is 0.643. The molecular weight excluding hydrogens is 264 g/mol. The summed E-state index contributed by atoms with van der Waals surface area (Å²) in [6, 6.07) is 0. The number of nitrogens with zero attached hydrogens (tertiary/aromatic N) is 1. The Labute approximate surface area is 130 Å². The normalized spacial score (nSPS) is 19.5. The van der Waals surface area contributed by atoms with Gasteiger partial charge in [-0.3, -0.25) is 4.79 Å². The van der Waals surface area contributed by atoms with E-state index in [1.54, 1.807) is 0 Å². The first-order valence-corrected chi connectivity index (χ1v) is 8.65. The summed E-state index contributed by atoms with van der Waals surface area (Å²) in [7, 11) is 0. The smallest absolute Gasteiger partial charge is 0.228 e. The minimum atomic E-state index is -0.340. The van der Waals surface area contributed by atoms with Crippen molar-refractivity contribution in [3.8, 4) is 0 Å². The molecule has 124 valence electrons. The molecule has 4 heteroatoms. The second-order valence-corrected chi connectivity index (χ2v) is 6.84. The first-order chi connectivity index (χ1) is 10.0. The van der Waals surface area contributed by atoms with Gasteiger partial charge < -0.3 is 15.3 Å². The summed E-state index contributed by atoms with van der Waals surface area (Å²) in [6.07, 6.45) is 6.90. The molecular formula is C17H34N2O2. The fourth-order valence-corrected chi connectivity index (χ4v) is 3.21. The van der Waals surface area contributed by atoms with Gasteiger partial charge >= 0.3 is 0 Å². The largest absolute Gasteiger partial charge is 0.395 e. The number of carbonyl (C=O) groups is 1. The average Bonchev–Trinajstić information content (AvgIpc) is 2.50. The molecule has 1 unspecified atom stereocenters. The topological polar surface area (TPSA) is 52.6 Å². The van der Waals surface area contributed by atoms with Crippen LogP contribution in [0.25, 0.3) is 0 Å². The lowest BCUT2D eigenvalue weighted by Crippen LogP contribution is -2.49. The van der Waals surface area contributed by atoms with Crippen LogP contribution in [0.1, 0.15) is 59.3 Å². The van der Waals surface area contributed by atoms with Gasteiger partial charge in [-0.1, -0.05) is 40.0 Å². The number of amides is 1. The predicted molar refractivity (Wildman–Crippen MR) is 87.2 cm³/mol. The van der Waals surface area contributed by atoms with Crippen LogP contribution >= 0.6 is 0 Å². The summed E-state index contributed by atoms with van der Waals surface area (Å²) >= 11 is 0. The van der Waals surface area contributed by atoms with Crippen molar-refractivity contribution in [3.05, 3.63) is 0 Å². The van der Waals surface area contributed by atoms with Crippen LogP contribution in [0.15, 0.2) is 0 Å². The molecule has 0 radical (unpaired) electrons. The summed E-state index contributed by atoms with van der Waals surface area (Å²) in [5.41, 5.74) is -0.340. The number of hydrogen-bond acceptors (Lipinski definition) is 3. The van der Waals surface area contributed by atoms with E-state index >= 15 is 0 Å². The van der Waals surface area contributed by atoms with Crippen LogP contribution < -0.4 is 5.32 Å². The zero-order chi connectivity index (χ0) is 15.7. The number of aliphatic hydroxyl groups is 1. The first-order valence-electron chi connectivity index (χ1n) is 8.65. The van der Waals surface area contributed by atoms with Gasteiger partial charge in [-0.25, -0.2) is 0 Å². The van der Waals surface area contributed by atoms with E-state index in [9.17, 15) is 9.90 Å². The molecule has 1 fully saturated rings. The molecule has 0 aromatic carbocycles. The van der Waals surface area contributed by atoms with Gasteiger partial charge in [0.1, 0.15) is 0 Å². The Hall–Kier alpha value is -0.610. The minimum absolute atomic E-state index is 0.0541. The van der Waals surface area contributed by atoms with Crippen molar-refractivity contribution in [2.45, 2.75) is 59.3 Å². The summed E-state index contributed by atoms with van der Waals surface area (Å²) in [5, 5.41) is 12.7. The second-order valence-electron chi connectivity index (χ2n) is 6.84. The van der Waals surface area contributed by atoms with Crippen molar-refractivity contribution >= 4 is 5.91 Å². The average molecular weight is 298 g/mol. The lowest BCUT2D eigenvalue weighted by Gasteiger charge is -2.39. The molecule has 0 saturated carbocycles. The molecule has 2 N–H and O–H groups in total. The molecule has 0 spiro atoms.